The van der Waals surface area contributed by atoms with Crippen LogP contribution in [0.4, 0.5) is 5.69 Å². The quantitative estimate of drug-likeness (QED) is 0.619. The van der Waals surface area contributed by atoms with Gasteiger partial charge in [-0.15, -0.1) is 0 Å². The number of para-hydroxylation sites is 1. The Kier molecular flexibility index (Phi) is 3.62. The first-order chi connectivity index (χ1) is 11.0. The van der Waals surface area contributed by atoms with Gasteiger partial charge in [0, 0.05) is 26.9 Å². The fraction of sp³-hybridized carbons (Fsp3) is 0.188. The summed E-state index contributed by atoms with van der Waals surface area (Å²) in [6.45, 7) is 0. The van der Waals surface area contributed by atoms with Crippen LogP contribution in [-0.4, -0.2) is 23.2 Å². The lowest BCUT2D eigenvalue weighted by atomic mass is 9.81. The van der Waals surface area contributed by atoms with Crippen molar-refractivity contribution >= 4 is 57.4 Å². The number of anilines is 1. The molecule has 0 radical (unpaired) electrons. The van der Waals surface area contributed by atoms with Gasteiger partial charge in [-0.3, -0.25) is 0 Å². The number of carboxylic acid groups (broad SMARTS) is 1. The molecule has 0 aliphatic carbocycles. The molecular weight excluding hydrogens is 452 g/mol. The maximum absolute atomic E-state index is 11.7. The van der Waals surface area contributed by atoms with E-state index < -0.39 is 18.1 Å². The molecule has 2 heterocycles. The monoisotopic (exact) mass is 461 g/mol. The van der Waals surface area contributed by atoms with Crippen LogP contribution in [-0.2, 0) is 4.79 Å². The van der Waals surface area contributed by atoms with Crippen molar-refractivity contribution < 1.29 is 14.6 Å². The topological polar surface area (TPSA) is 58.6 Å². The lowest BCUT2D eigenvalue weighted by Crippen LogP contribution is -2.48. The molecular formula is C16H10Cl2INO3. The zero-order valence-electron chi connectivity index (χ0n) is 11.5. The maximum Gasteiger partial charge on any atom is 0.330 e. The van der Waals surface area contributed by atoms with Gasteiger partial charge in [0.25, 0.3) is 0 Å². The molecule has 0 fully saturated rings. The molecule has 23 heavy (non-hydrogen) atoms. The van der Waals surface area contributed by atoms with Crippen molar-refractivity contribution in [1.29, 1.82) is 0 Å². The number of rotatable bonds is 1. The summed E-state index contributed by atoms with van der Waals surface area (Å²) in [6, 6.07) is 8.35. The number of nitrogens with one attached hydrogen (secondary N) is 1. The highest BCUT2D eigenvalue weighted by molar-refractivity contribution is 14.1. The fourth-order valence-corrected chi connectivity index (χ4v) is 4.59. The van der Waals surface area contributed by atoms with E-state index in [4.69, 9.17) is 27.9 Å². The Morgan fingerprint density at radius 2 is 2.09 bits per heavy atom. The summed E-state index contributed by atoms with van der Waals surface area (Å²) in [5, 5.41) is 13.6. The van der Waals surface area contributed by atoms with Gasteiger partial charge in [-0.05, 0) is 40.8 Å². The number of aliphatic carboxylic acids is 1. The number of hydrogen-bond acceptors (Lipinski definition) is 3. The van der Waals surface area contributed by atoms with Crippen molar-refractivity contribution in [1.82, 2.24) is 0 Å². The largest absolute Gasteiger partial charge is 0.485 e. The van der Waals surface area contributed by atoms with Crippen LogP contribution < -0.4 is 10.1 Å². The minimum atomic E-state index is -0.968. The zero-order valence-corrected chi connectivity index (χ0v) is 15.2. The van der Waals surface area contributed by atoms with Crippen LogP contribution in [0.1, 0.15) is 17.0 Å². The number of carbonyl (C=O) groups is 1. The number of carboxylic acids is 1. The van der Waals surface area contributed by atoms with Crippen molar-refractivity contribution in [3.05, 3.63) is 55.1 Å². The standard InChI is InChI=1S/C16H10Cl2INO3/c17-6-4-8(18)12-10(5-6)20-13(16(21)22)15-11(12)7-2-1-3-9(19)14(7)23-15/h1-5,11,13,15,20H,(H,21,22). The van der Waals surface area contributed by atoms with Crippen molar-refractivity contribution in [2.45, 2.75) is 18.1 Å². The van der Waals surface area contributed by atoms with E-state index in [1.165, 1.54) is 0 Å². The molecule has 0 spiro atoms. The fourth-order valence-electron chi connectivity index (χ4n) is 3.33. The zero-order chi connectivity index (χ0) is 16.3. The molecule has 4 nitrogen and oxygen atoms in total. The molecule has 0 aromatic heterocycles. The van der Waals surface area contributed by atoms with Gasteiger partial charge in [0.15, 0.2) is 6.04 Å². The summed E-state index contributed by atoms with van der Waals surface area (Å²) in [5.41, 5.74) is 2.44. The number of hydrogen-bond donors (Lipinski definition) is 2. The Labute approximate surface area is 155 Å². The molecule has 3 atom stereocenters. The van der Waals surface area contributed by atoms with Crippen LogP contribution in [0.15, 0.2) is 30.3 Å². The highest BCUT2D eigenvalue weighted by atomic mass is 127. The van der Waals surface area contributed by atoms with Crippen molar-refractivity contribution in [3.8, 4) is 5.75 Å². The Hall–Kier alpha value is -1.18. The van der Waals surface area contributed by atoms with E-state index in [-0.39, 0.29) is 5.92 Å². The molecule has 2 aliphatic rings. The molecule has 2 aliphatic heterocycles. The summed E-state index contributed by atoms with van der Waals surface area (Å²) in [5.74, 6) is -0.471. The SMILES string of the molecule is O=C(O)C1Nc2cc(Cl)cc(Cl)c2C2c3cccc(I)c3OC12. The second-order valence-corrected chi connectivity index (χ2v) is 7.53. The Bertz CT molecular complexity index is 842. The molecule has 2 N–H and O–H groups in total. The van der Waals surface area contributed by atoms with Gasteiger partial charge in [-0.2, -0.15) is 0 Å². The molecule has 0 saturated carbocycles. The Morgan fingerprint density at radius 1 is 1.30 bits per heavy atom. The van der Waals surface area contributed by atoms with E-state index in [0.717, 1.165) is 20.4 Å². The summed E-state index contributed by atoms with van der Waals surface area (Å²) in [7, 11) is 0. The summed E-state index contributed by atoms with van der Waals surface area (Å²) < 4.78 is 6.96. The van der Waals surface area contributed by atoms with Crippen molar-refractivity contribution in [3.63, 3.8) is 0 Å². The van der Waals surface area contributed by atoms with Crippen molar-refractivity contribution in [2.24, 2.45) is 0 Å². The van der Waals surface area contributed by atoms with Gasteiger partial charge in [0.2, 0.25) is 0 Å². The molecule has 7 heteroatoms. The first-order valence-electron chi connectivity index (χ1n) is 6.90. The van der Waals surface area contributed by atoms with Gasteiger partial charge in [0.05, 0.1) is 9.49 Å². The molecule has 0 bridgehead atoms. The van der Waals surface area contributed by atoms with Gasteiger partial charge in [0.1, 0.15) is 11.9 Å². The van der Waals surface area contributed by atoms with Crippen LogP contribution in [0.3, 0.4) is 0 Å². The number of halogens is 3. The number of fused-ring (bicyclic) bond motifs is 5. The second kappa shape index (κ2) is 5.43. The van der Waals surface area contributed by atoms with Crippen LogP contribution in [0.25, 0.3) is 0 Å². The minimum absolute atomic E-state index is 0.234. The van der Waals surface area contributed by atoms with E-state index >= 15 is 0 Å². The van der Waals surface area contributed by atoms with Crippen LogP contribution in [0, 0.1) is 3.57 Å². The first-order valence-corrected chi connectivity index (χ1v) is 8.74. The third-order valence-corrected chi connectivity index (χ3v) is 5.61. The first kappa shape index (κ1) is 15.4. The van der Waals surface area contributed by atoms with Gasteiger partial charge >= 0.3 is 5.97 Å². The maximum atomic E-state index is 11.7. The number of benzene rings is 2. The third kappa shape index (κ3) is 2.28. The summed E-state index contributed by atoms with van der Waals surface area (Å²) in [4.78, 5) is 11.7. The van der Waals surface area contributed by atoms with E-state index in [1.807, 2.05) is 18.2 Å². The molecule has 0 amide bonds. The van der Waals surface area contributed by atoms with Gasteiger partial charge in [-0.1, -0.05) is 35.3 Å². The Balaban J connectivity index is 1.98. The Morgan fingerprint density at radius 3 is 2.83 bits per heavy atom. The third-order valence-electron chi connectivity index (χ3n) is 4.23. The molecule has 3 unspecified atom stereocenters. The molecule has 2 aromatic rings. The average molecular weight is 462 g/mol. The van der Waals surface area contributed by atoms with Crippen LogP contribution in [0.2, 0.25) is 10.0 Å². The predicted octanol–water partition coefficient (Wildman–Crippen LogP) is 4.37. The molecule has 118 valence electrons. The lowest BCUT2D eigenvalue weighted by molar-refractivity contribution is -0.140. The van der Waals surface area contributed by atoms with Gasteiger partial charge < -0.3 is 15.2 Å². The van der Waals surface area contributed by atoms with E-state index in [0.29, 0.717) is 15.7 Å². The van der Waals surface area contributed by atoms with E-state index in [2.05, 4.69) is 27.9 Å². The molecule has 0 saturated heterocycles. The normalized spacial score (nSPS) is 24.0. The highest BCUT2D eigenvalue weighted by Crippen LogP contribution is 2.52. The number of ether oxygens (including phenoxy) is 1. The smallest absolute Gasteiger partial charge is 0.330 e. The second-order valence-electron chi connectivity index (χ2n) is 5.53. The summed E-state index contributed by atoms with van der Waals surface area (Å²) >= 11 is 14.7. The van der Waals surface area contributed by atoms with Crippen molar-refractivity contribution in [2.75, 3.05) is 5.32 Å². The minimum Gasteiger partial charge on any atom is -0.485 e. The highest BCUT2D eigenvalue weighted by Gasteiger charge is 2.49. The summed E-state index contributed by atoms with van der Waals surface area (Å²) in [6.07, 6.45) is -0.551. The van der Waals surface area contributed by atoms with Crippen LogP contribution in [0.5, 0.6) is 5.75 Å². The van der Waals surface area contributed by atoms with Gasteiger partial charge in [-0.25, -0.2) is 4.79 Å². The van der Waals surface area contributed by atoms with E-state index in [9.17, 15) is 9.90 Å². The average Bonchev–Trinajstić information content (AvgIpc) is 2.86. The van der Waals surface area contributed by atoms with E-state index in [1.54, 1.807) is 12.1 Å². The molecule has 4 rings (SSSR count). The predicted molar refractivity (Wildman–Crippen MR) is 96.9 cm³/mol. The molecule has 2 aromatic carbocycles. The lowest BCUT2D eigenvalue weighted by Gasteiger charge is -2.34. The van der Waals surface area contributed by atoms with Crippen LogP contribution >= 0.6 is 45.8 Å².